The van der Waals surface area contributed by atoms with Gasteiger partial charge in [0.05, 0.1) is 11.8 Å². The van der Waals surface area contributed by atoms with E-state index in [-0.39, 0.29) is 0 Å². The molecule has 2 nitrogen and oxygen atoms in total. The van der Waals surface area contributed by atoms with Crippen LogP contribution in [0.15, 0.2) is 29.1 Å². The van der Waals surface area contributed by atoms with Crippen LogP contribution in [0.25, 0.3) is 0 Å². The molecule has 0 saturated carbocycles. The highest BCUT2D eigenvalue weighted by Crippen LogP contribution is 2.21. The van der Waals surface area contributed by atoms with Crippen molar-refractivity contribution in [1.29, 1.82) is 0 Å². The first kappa shape index (κ1) is 12.3. The molecule has 0 aliphatic carbocycles. The molecular weight excluding hydrogens is 230 g/mol. The van der Waals surface area contributed by atoms with Gasteiger partial charge in [-0.2, -0.15) is 11.3 Å². The summed E-state index contributed by atoms with van der Waals surface area (Å²) < 4.78 is 0. The average molecular weight is 247 g/mol. The number of thiophene rings is 1. The van der Waals surface area contributed by atoms with Crippen molar-refractivity contribution in [2.24, 2.45) is 0 Å². The molecule has 0 aliphatic rings. The topological polar surface area (TPSA) is 33.1 Å². The number of rotatable bonds is 4. The largest absolute Gasteiger partial charge is 0.387 e. The first-order valence-corrected chi connectivity index (χ1v) is 6.73. The van der Waals surface area contributed by atoms with E-state index >= 15 is 0 Å². The number of hydrogen-bond acceptors (Lipinski definition) is 3. The molecule has 2 aromatic rings. The molecule has 0 bridgehead atoms. The first-order valence-electron chi connectivity index (χ1n) is 5.79. The SMILES string of the molecule is Cc1cnc(C(O)CCc2ccsc2)c(C)c1. The first-order chi connectivity index (χ1) is 8.16. The average Bonchev–Trinajstić information content (AvgIpc) is 2.78. The van der Waals surface area contributed by atoms with Gasteiger partial charge in [0.25, 0.3) is 0 Å². The summed E-state index contributed by atoms with van der Waals surface area (Å²) in [4.78, 5) is 4.33. The van der Waals surface area contributed by atoms with Gasteiger partial charge < -0.3 is 5.11 Å². The quantitative estimate of drug-likeness (QED) is 0.898. The van der Waals surface area contributed by atoms with Crippen molar-refractivity contribution in [3.63, 3.8) is 0 Å². The second-order valence-corrected chi connectivity index (χ2v) is 5.18. The van der Waals surface area contributed by atoms with E-state index in [0.29, 0.717) is 0 Å². The summed E-state index contributed by atoms with van der Waals surface area (Å²) in [6, 6.07) is 4.17. The van der Waals surface area contributed by atoms with Crippen LogP contribution in [0.1, 0.15) is 34.9 Å². The molecule has 0 amide bonds. The number of hydrogen-bond donors (Lipinski definition) is 1. The van der Waals surface area contributed by atoms with Crippen molar-refractivity contribution in [2.45, 2.75) is 32.8 Å². The molecule has 2 heterocycles. The molecule has 2 rings (SSSR count). The van der Waals surface area contributed by atoms with E-state index in [9.17, 15) is 5.11 Å². The zero-order valence-corrected chi connectivity index (χ0v) is 11.0. The molecule has 1 unspecified atom stereocenters. The van der Waals surface area contributed by atoms with E-state index in [1.54, 1.807) is 11.3 Å². The van der Waals surface area contributed by atoms with E-state index in [0.717, 1.165) is 29.7 Å². The highest BCUT2D eigenvalue weighted by molar-refractivity contribution is 7.07. The Balaban J connectivity index is 2.01. The maximum absolute atomic E-state index is 10.1. The van der Waals surface area contributed by atoms with Gasteiger partial charge in [0.2, 0.25) is 0 Å². The van der Waals surface area contributed by atoms with E-state index in [2.05, 4.69) is 27.9 Å². The van der Waals surface area contributed by atoms with Gasteiger partial charge in [-0.3, -0.25) is 4.98 Å². The third kappa shape index (κ3) is 3.14. The predicted molar refractivity (Wildman–Crippen MR) is 71.3 cm³/mol. The van der Waals surface area contributed by atoms with Crippen molar-refractivity contribution in [3.8, 4) is 0 Å². The summed E-state index contributed by atoms with van der Waals surface area (Å²) in [5, 5.41) is 14.3. The number of pyridine rings is 1. The fourth-order valence-corrected chi connectivity index (χ4v) is 2.65. The van der Waals surface area contributed by atoms with Gasteiger partial charge >= 0.3 is 0 Å². The van der Waals surface area contributed by atoms with Gasteiger partial charge in [-0.05, 0) is 60.2 Å². The van der Waals surface area contributed by atoms with Gasteiger partial charge in [0.1, 0.15) is 0 Å². The third-order valence-electron chi connectivity index (χ3n) is 2.86. The maximum atomic E-state index is 10.1. The summed E-state index contributed by atoms with van der Waals surface area (Å²) in [5.41, 5.74) is 4.31. The second kappa shape index (κ2) is 5.43. The normalized spacial score (nSPS) is 12.6. The van der Waals surface area contributed by atoms with Crippen LogP contribution in [0, 0.1) is 13.8 Å². The minimum atomic E-state index is -0.463. The highest BCUT2D eigenvalue weighted by atomic mass is 32.1. The van der Waals surface area contributed by atoms with Gasteiger partial charge in [-0.15, -0.1) is 0 Å². The van der Waals surface area contributed by atoms with Crippen LogP contribution in [0.5, 0.6) is 0 Å². The van der Waals surface area contributed by atoms with Gasteiger partial charge in [0.15, 0.2) is 0 Å². The second-order valence-electron chi connectivity index (χ2n) is 4.40. The Hall–Kier alpha value is -1.19. The summed E-state index contributed by atoms with van der Waals surface area (Å²) in [7, 11) is 0. The number of aryl methyl sites for hydroxylation is 3. The smallest absolute Gasteiger partial charge is 0.0965 e. The van der Waals surface area contributed by atoms with Crippen molar-refractivity contribution in [2.75, 3.05) is 0 Å². The van der Waals surface area contributed by atoms with Crippen LogP contribution in [0.3, 0.4) is 0 Å². The molecule has 2 aromatic heterocycles. The van der Waals surface area contributed by atoms with E-state index < -0.39 is 6.10 Å². The number of aliphatic hydroxyl groups is 1. The fourth-order valence-electron chi connectivity index (χ4n) is 1.95. The number of aromatic nitrogens is 1. The minimum absolute atomic E-state index is 0.463. The summed E-state index contributed by atoms with van der Waals surface area (Å²) in [5.74, 6) is 0. The predicted octanol–water partition coefficient (Wildman–Crippen LogP) is 3.43. The Morgan fingerprint density at radius 1 is 1.41 bits per heavy atom. The lowest BCUT2D eigenvalue weighted by atomic mass is 10.0. The zero-order chi connectivity index (χ0) is 12.3. The fraction of sp³-hybridized carbons (Fsp3) is 0.357. The van der Waals surface area contributed by atoms with Crippen LogP contribution in [0.2, 0.25) is 0 Å². The molecule has 0 aliphatic heterocycles. The van der Waals surface area contributed by atoms with E-state index in [4.69, 9.17) is 0 Å². The van der Waals surface area contributed by atoms with Crippen LogP contribution >= 0.6 is 11.3 Å². The summed E-state index contributed by atoms with van der Waals surface area (Å²) >= 11 is 1.69. The lowest BCUT2D eigenvalue weighted by Gasteiger charge is -2.12. The Labute approximate surface area is 106 Å². The summed E-state index contributed by atoms with van der Waals surface area (Å²) in [6.07, 6.45) is 2.99. The van der Waals surface area contributed by atoms with Gasteiger partial charge in [-0.25, -0.2) is 0 Å². The molecule has 90 valence electrons. The van der Waals surface area contributed by atoms with Crippen molar-refractivity contribution in [3.05, 3.63) is 51.5 Å². The van der Waals surface area contributed by atoms with Crippen LogP contribution in [0.4, 0.5) is 0 Å². The molecule has 1 N–H and O–H groups in total. The monoisotopic (exact) mass is 247 g/mol. The van der Waals surface area contributed by atoms with Crippen molar-refractivity contribution < 1.29 is 5.11 Å². The number of nitrogens with zero attached hydrogens (tertiary/aromatic N) is 1. The molecule has 3 heteroatoms. The van der Waals surface area contributed by atoms with Gasteiger partial charge in [0, 0.05) is 6.20 Å². The van der Waals surface area contributed by atoms with Crippen molar-refractivity contribution >= 4 is 11.3 Å². The minimum Gasteiger partial charge on any atom is -0.387 e. The molecule has 0 radical (unpaired) electrons. The highest BCUT2D eigenvalue weighted by Gasteiger charge is 2.12. The Morgan fingerprint density at radius 3 is 2.88 bits per heavy atom. The molecule has 0 fully saturated rings. The molecular formula is C14H17NOS. The standard InChI is InChI=1S/C14H17NOS/c1-10-7-11(2)14(15-8-10)13(16)4-3-12-5-6-17-9-12/h5-9,13,16H,3-4H2,1-2H3. The van der Waals surface area contributed by atoms with E-state index in [1.807, 2.05) is 20.0 Å². The Morgan fingerprint density at radius 2 is 2.24 bits per heavy atom. The van der Waals surface area contributed by atoms with Crippen molar-refractivity contribution in [1.82, 2.24) is 4.98 Å². The zero-order valence-electron chi connectivity index (χ0n) is 10.2. The van der Waals surface area contributed by atoms with Crippen LogP contribution in [-0.2, 0) is 6.42 Å². The molecule has 0 spiro atoms. The maximum Gasteiger partial charge on any atom is 0.0965 e. The Kier molecular flexibility index (Phi) is 3.92. The molecule has 0 aromatic carbocycles. The lowest BCUT2D eigenvalue weighted by Crippen LogP contribution is -2.04. The lowest BCUT2D eigenvalue weighted by molar-refractivity contribution is 0.162. The van der Waals surface area contributed by atoms with Crippen LogP contribution in [-0.4, -0.2) is 10.1 Å². The van der Waals surface area contributed by atoms with Crippen LogP contribution < -0.4 is 0 Å². The van der Waals surface area contributed by atoms with E-state index in [1.165, 1.54) is 5.56 Å². The Bertz CT molecular complexity index is 479. The molecule has 1 atom stereocenters. The molecule has 17 heavy (non-hydrogen) atoms. The molecule has 0 saturated heterocycles. The third-order valence-corrected chi connectivity index (χ3v) is 3.59. The number of aliphatic hydroxyl groups excluding tert-OH is 1. The summed E-state index contributed by atoms with van der Waals surface area (Å²) in [6.45, 7) is 4.02. The van der Waals surface area contributed by atoms with Gasteiger partial charge in [-0.1, -0.05) is 6.07 Å².